The van der Waals surface area contributed by atoms with E-state index in [0.717, 1.165) is 23.0 Å². The Bertz CT molecular complexity index is 1400. The summed E-state index contributed by atoms with van der Waals surface area (Å²) in [6, 6.07) is 8.97. The minimum atomic E-state index is -3.54. The number of carbonyl (C=O) groups is 2. The lowest BCUT2D eigenvalue weighted by atomic mass is 10.1. The van der Waals surface area contributed by atoms with Crippen molar-refractivity contribution in [3.8, 4) is 5.69 Å². The molecule has 12 heteroatoms. The van der Waals surface area contributed by atoms with Gasteiger partial charge in [-0.2, -0.15) is 0 Å². The van der Waals surface area contributed by atoms with E-state index in [1.807, 2.05) is 6.07 Å². The van der Waals surface area contributed by atoms with Crippen molar-refractivity contribution in [2.75, 3.05) is 16.1 Å². The van der Waals surface area contributed by atoms with E-state index in [4.69, 9.17) is 11.6 Å². The Labute approximate surface area is 186 Å². The van der Waals surface area contributed by atoms with E-state index in [2.05, 4.69) is 15.3 Å². The largest absolute Gasteiger partial charge is 0.290 e. The van der Waals surface area contributed by atoms with Crippen LogP contribution in [0.2, 0.25) is 0 Å². The molecule has 0 radical (unpaired) electrons. The van der Waals surface area contributed by atoms with Gasteiger partial charge in [0.2, 0.25) is 10.0 Å². The highest BCUT2D eigenvalue weighted by Crippen LogP contribution is 2.33. The molecule has 1 aromatic carbocycles. The molecule has 9 nitrogen and oxygen atoms in total. The topological polar surface area (TPSA) is 114 Å². The molecule has 31 heavy (non-hydrogen) atoms. The van der Waals surface area contributed by atoms with Crippen molar-refractivity contribution in [2.45, 2.75) is 6.42 Å². The number of imide groups is 1. The second-order valence-electron chi connectivity index (χ2n) is 6.90. The van der Waals surface area contributed by atoms with Crippen LogP contribution in [0.25, 0.3) is 22.9 Å². The number of pyridine rings is 1. The van der Waals surface area contributed by atoms with Gasteiger partial charge in [-0.05, 0) is 60.2 Å². The van der Waals surface area contributed by atoms with Crippen LogP contribution in [0, 0.1) is 0 Å². The van der Waals surface area contributed by atoms with Crippen LogP contribution >= 0.6 is 23.4 Å². The Balaban J connectivity index is 1.54. The third-order valence-electron chi connectivity index (χ3n) is 5.01. The zero-order chi connectivity index (χ0) is 21.8. The van der Waals surface area contributed by atoms with Gasteiger partial charge in [-0.1, -0.05) is 0 Å². The Kier molecular flexibility index (Phi) is 4.76. The van der Waals surface area contributed by atoms with Crippen LogP contribution in [0.4, 0.5) is 10.5 Å². The summed E-state index contributed by atoms with van der Waals surface area (Å²) in [5.74, 6) is -0.444. The lowest BCUT2D eigenvalue weighted by molar-refractivity contribution is -0.115. The molecule has 2 amide bonds. The van der Waals surface area contributed by atoms with Crippen LogP contribution in [0.3, 0.4) is 0 Å². The monoisotopic (exact) mass is 475 g/mol. The first kappa shape index (κ1) is 20.0. The quantitative estimate of drug-likeness (QED) is 0.455. The SMILES string of the molecule is O=C1NC(=O)C(=Cc2ccc3ncn(-c4ccc5c(c4)CCN5S(=O)(=O)CCl)c3n2)S1. The molecule has 0 spiro atoms. The molecular formula is C19H14ClN5O4S2. The molecule has 0 atom stereocenters. The first-order valence-corrected chi connectivity index (χ1v) is 12.1. The Morgan fingerprint density at radius 3 is 2.81 bits per heavy atom. The number of aromatic nitrogens is 3. The first-order valence-electron chi connectivity index (χ1n) is 9.14. The molecule has 0 saturated carbocycles. The van der Waals surface area contributed by atoms with E-state index in [0.29, 0.717) is 35.5 Å². The van der Waals surface area contributed by atoms with E-state index in [1.54, 1.807) is 41.2 Å². The smallest absolute Gasteiger partial charge is 0.283 e. The number of nitrogens with zero attached hydrogens (tertiary/aromatic N) is 4. The van der Waals surface area contributed by atoms with Gasteiger partial charge in [0.15, 0.2) is 5.65 Å². The first-order chi connectivity index (χ1) is 14.9. The lowest BCUT2D eigenvalue weighted by Crippen LogP contribution is -2.29. The second kappa shape index (κ2) is 7.36. The predicted octanol–water partition coefficient (Wildman–Crippen LogP) is 2.63. The minimum absolute atomic E-state index is 0.279. The van der Waals surface area contributed by atoms with Crippen molar-refractivity contribution < 1.29 is 18.0 Å². The molecule has 0 bridgehead atoms. The minimum Gasteiger partial charge on any atom is -0.283 e. The van der Waals surface area contributed by atoms with E-state index >= 15 is 0 Å². The number of rotatable bonds is 4. The fourth-order valence-corrected chi connectivity index (χ4v) is 5.57. The van der Waals surface area contributed by atoms with Gasteiger partial charge in [-0.25, -0.2) is 18.4 Å². The van der Waals surface area contributed by atoms with Crippen molar-refractivity contribution in [3.05, 3.63) is 52.8 Å². The number of halogens is 1. The number of hydrogen-bond donors (Lipinski definition) is 1. The molecule has 2 aliphatic heterocycles. The van der Waals surface area contributed by atoms with E-state index in [1.165, 1.54) is 4.31 Å². The van der Waals surface area contributed by atoms with Gasteiger partial charge in [0.25, 0.3) is 11.1 Å². The summed E-state index contributed by atoms with van der Waals surface area (Å²) in [6.07, 6.45) is 3.77. The maximum Gasteiger partial charge on any atom is 0.290 e. The van der Waals surface area contributed by atoms with Crippen molar-refractivity contribution in [2.24, 2.45) is 0 Å². The second-order valence-corrected chi connectivity index (χ2v) is 10.4. The van der Waals surface area contributed by atoms with E-state index < -0.39 is 26.4 Å². The van der Waals surface area contributed by atoms with Gasteiger partial charge in [-0.3, -0.25) is 23.8 Å². The number of thioether (sulfide) groups is 1. The summed E-state index contributed by atoms with van der Waals surface area (Å²) >= 11 is 6.44. The number of carbonyl (C=O) groups excluding carboxylic acids is 2. The molecule has 3 aromatic rings. The van der Waals surface area contributed by atoms with Gasteiger partial charge in [0.05, 0.1) is 16.3 Å². The summed E-state index contributed by atoms with van der Waals surface area (Å²) in [5.41, 5.74) is 4.06. The van der Waals surface area contributed by atoms with Crippen molar-refractivity contribution in [3.63, 3.8) is 0 Å². The van der Waals surface area contributed by atoms with Crippen molar-refractivity contribution >= 4 is 67.5 Å². The van der Waals surface area contributed by atoms with E-state index in [9.17, 15) is 18.0 Å². The van der Waals surface area contributed by atoms with Gasteiger partial charge < -0.3 is 0 Å². The highest BCUT2D eigenvalue weighted by Gasteiger charge is 2.29. The average molecular weight is 476 g/mol. The number of imidazole rings is 1. The number of amides is 2. The fraction of sp³-hybridized carbons (Fsp3) is 0.158. The van der Waals surface area contributed by atoms with Crippen LogP contribution in [0.15, 0.2) is 41.6 Å². The number of hydrogen-bond acceptors (Lipinski definition) is 7. The Morgan fingerprint density at radius 2 is 2.06 bits per heavy atom. The highest BCUT2D eigenvalue weighted by atomic mass is 35.5. The third kappa shape index (κ3) is 3.48. The zero-order valence-electron chi connectivity index (χ0n) is 15.8. The standard InChI is InChI=1S/C19H14ClN5O4S2/c20-9-31(28,29)25-6-5-11-7-13(2-4-15(11)25)24-10-21-14-3-1-12(22-17(14)24)8-16-18(26)23-19(27)30-16/h1-4,7-8,10H,5-6,9H2,(H,23,26,27). The number of alkyl halides is 1. The number of benzene rings is 1. The van der Waals surface area contributed by atoms with E-state index in [-0.39, 0.29) is 4.91 Å². The normalized spacial score (nSPS) is 17.6. The third-order valence-corrected chi connectivity index (χ3v) is 7.97. The zero-order valence-corrected chi connectivity index (χ0v) is 18.2. The maximum atomic E-state index is 12.2. The number of fused-ring (bicyclic) bond motifs is 2. The number of nitrogens with one attached hydrogen (secondary N) is 1. The van der Waals surface area contributed by atoms with Crippen LogP contribution in [0.1, 0.15) is 11.3 Å². The average Bonchev–Trinajstić information content (AvgIpc) is 3.44. The summed E-state index contributed by atoms with van der Waals surface area (Å²) in [5, 5.41) is 1.34. The molecule has 5 rings (SSSR count). The molecular weight excluding hydrogens is 462 g/mol. The molecule has 2 aliphatic rings. The summed E-state index contributed by atoms with van der Waals surface area (Å²) in [7, 11) is -3.54. The van der Waals surface area contributed by atoms with Crippen LogP contribution in [0.5, 0.6) is 0 Å². The molecule has 158 valence electrons. The lowest BCUT2D eigenvalue weighted by Gasteiger charge is -2.18. The summed E-state index contributed by atoms with van der Waals surface area (Å²) < 4.78 is 27.5. The Hall–Kier alpha value is -2.89. The Morgan fingerprint density at radius 1 is 1.23 bits per heavy atom. The predicted molar refractivity (Wildman–Crippen MR) is 119 cm³/mol. The number of anilines is 1. The molecule has 1 saturated heterocycles. The summed E-state index contributed by atoms with van der Waals surface area (Å²) in [4.78, 5) is 32.4. The van der Waals surface area contributed by atoms with Gasteiger partial charge in [0.1, 0.15) is 17.1 Å². The maximum absolute atomic E-state index is 12.2. The fourth-order valence-electron chi connectivity index (χ4n) is 3.59. The molecule has 1 fully saturated rings. The summed E-state index contributed by atoms with van der Waals surface area (Å²) in [6.45, 7) is 0.354. The highest BCUT2D eigenvalue weighted by molar-refractivity contribution is 8.18. The van der Waals surface area contributed by atoms with Crippen molar-refractivity contribution in [1.29, 1.82) is 0 Å². The van der Waals surface area contributed by atoms with Crippen LogP contribution in [-0.4, -0.2) is 45.9 Å². The molecule has 4 heterocycles. The van der Waals surface area contributed by atoms with Crippen LogP contribution < -0.4 is 9.62 Å². The molecule has 1 N–H and O–H groups in total. The van der Waals surface area contributed by atoms with Crippen LogP contribution in [-0.2, 0) is 21.2 Å². The van der Waals surface area contributed by atoms with Gasteiger partial charge in [0, 0.05) is 12.2 Å². The molecule has 0 unspecified atom stereocenters. The number of sulfonamides is 1. The van der Waals surface area contributed by atoms with Crippen molar-refractivity contribution in [1.82, 2.24) is 19.9 Å². The molecule has 0 aliphatic carbocycles. The molecule has 2 aromatic heterocycles. The van der Waals surface area contributed by atoms with Gasteiger partial charge >= 0.3 is 0 Å². The van der Waals surface area contributed by atoms with Gasteiger partial charge in [-0.15, -0.1) is 11.6 Å².